The Morgan fingerprint density at radius 1 is 1.41 bits per heavy atom. The van der Waals surface area contributed by atoms with Gasteiger partial charge in [-0.3, -0.25) is 4.79 Å². The number of carbonyl (C=O) groups excluding carboxylic acids is 1. The van der Waals surface area contributed by atoms with Crippen LogP contribution in [-0.4, -0.2) is 35.2 Å². The molecule has 0 saturated carbocycles. The number of morpholine rings is 1. The molecule has 0 aliphatic carbocycles. The van der Waals surface area contributed by atoms with Crippen molar-refractivity contribution in [2.24, 2.45) is 0 Å². The minimum absolute atomic E-state index is 0.0139. The lowest BCUT2D eigenvalue weighted by atomic mass is 10.1. The SMILES string of the molecule is Cc1cc(C(=O)N2C[C@H](c3cccc(Cl)c3)OC[C@@H]2C)no1. The molecule has 1 amide bonds. The first-order valence-corrected chi connectivity index (χ1v) is 7.54. The van der Waals surface area contributed by atoms with Crippen LogP contribution in [0.25, 0.3) is 0 Å². The van der Waals surface area contributed by atoms with Gasteiger partial charge in [-0.2, -0.15) is 0 Å². The molecule has 0 spiro atoms. The molecule has 0 N–H and O–H groups in total. The molecular formula is C16H17ClN2O3. The largest absolute Gasteiger partial charge is 0.370 e. The molecule has 5 nitrogen and oxygen atoms in total. The molecule has 1 aliphatic rings. The minimum atomic E-state index is -0.188. The molecule has 0 unspecified atom stereocenters. The van der Waals surface area contributed by atoms with Crippen molar-refractivity contribution < 1.29 is 14.1 Å². The molecule has 1 saturated heterocycles. The van der Waals surface area contributed by atoms with E-state index < -0.39 is 0 Å². The van der Waals surface area contributed by atoms with Crippen molar-refractivity contribution in [2.45, 2.75) is 26.0 Å². The molecule has 116 valence electrons. The van der Waals surface area contributed by atoms with Gasteiger partial charge in [0.2, 0.25) is 0 Å². The summed E-state index contributed by atoms with van der Waals surface area (Å²) in [5.41, 5.74) is 1.30. The van der Waals surface area contributed by atoms with Crippen molar-refractivity contribution in [3.8, 4) is 0 Å². The van der Waals surface area contributed by atoms with E-state index >= 15 is 0 Å². The first-order chi connectivity index (χ1) is 10.5. The molecule has 3 rings (SSSR count). The number of amides is 1. The van der Waals surface area contributed by atoms with Crippen LogP contribution in [0.5, 0.6) is 0 Å². The summed E-state index contributed by atoms with van der Waals surface area (Å²) < 4.78 is 10.8. The Hall–Kier alpha value is -1.85. The van der Waals surface area contributed by atoms with E-state index in [0.717, 1.165) is 5.56 Å². The Kier molecular flexibility index (Phi) is 4.18. The third kappa shape index (κ3) is 3.00. The highest BCUT2D eigenvalue weighted by Crippen LogP contribution is 2.27. The Morgan fingerprint density at radius 2 is 2.23 bits per heavy atom. The van der Waals surface area contributed by atoms with Crippen LogP contribution < -0.4 is 0 Å². The zero-order chi connectivity index (χ0) is 15.7. The van der Waals surface area contributed by atoms with Gasteiger partial charge in [0.15, 0.2) is 5.69 Å². The first kappa shape index (κ1) is 15.1. The molecule has 0 bridgehead atoms. The van der Waals surface area contributed by atoms with Gasteiger partial charge in [-0.15, -0.1) is 0 Å². The van der Waals surface area contributed by atoms with Crippen molar-refractivity contribution in [1.29, 1.82) is 0 Å². The number of nitrogens with zero attached hydrogens (tertiary/aromatic N) is 2. The molecule has 1 aromatic heterocycles. The van der Waals surface area contributed by atoms with Crippen molar-refractivity contribution in [3.05, 3.63) is 52.4 Å². The van der Waals surface area contributed by atoms with E-state index in [-0.39, 0.29) is 18.1 Å². The number of carbonyl (C=O) groups is 1. The van der Waals surface area contributed by atoms with Crippen LogP contribution in [-0.2, 0) is 4.74 Å². The Labute approximate surface area is 133 Å². The molecule has 1 aliphatic heterocycles. The summed E-state index contributed by atoms with van der Waals surface area (Å²) in [6.07, 6.45) is -0.188. The summed E-state index contributed by atoms with van der Waals surface area (Å²) in [5, 5.41) is 4.47. The second-order valence-electron chi connectivity index (χ2n) is 5.51. The lowest BCUT2D eigenvalue weighted by Gasteiger charge is -2.37. The van der Waals surface area contributed by atoms with Gasteiger partial charge in [-0.25, -0.2) is 0 Å². The molecule has 6 heteroatoms. The van der Waals surface area contributed by atoms with Crippen molar-refractivity contribution in [3.63, 3.8) is 0 Å². The van der Waals surface area contributed by atoms with Crippen LogP contribution in [0.3, 0.4) is 0 Å². The zero-order valence-corrected chi connectivity index (χ0v) is 13.2. The number of hydrogen-bond donors (Lipinski definition) is 0. The number of halogens is 1. The van der Waals surface area contributed by atoms with Crippen LogP contribution in [0.15, 0.2) is 34.9 Å². The van der Waals surface area contributed by atoms with Crippen LogP contribution in [0.4, 0.5) is 0 Å². The van der Waals surface area contributed by atoms with Gasteiger partial charge in [0.1, 0.15) is 11.9 Å². The molecule has 2 aromatic rings. The number of aryl methyl sites for hydroxylation is 1. The maximum Gasteiger partial charge on any atom is 0.276 e. The monoisotopic (exact) mass is 320 g/mol. The van der Waals surface area contributed by atoms with Gasteiger partial charge >= 0.3 is 0 Å². The average Bonchev–Trinajstić information content (AvgIpc) is 2.93. The highest BCUT2D eigenvalue weighted by atomic mass is 35.5. The number of hydrogen-bond acceptors (Lipinski definition) is 4. The normalized spacial score (nSPS) is 21.9. The summed E-state index contributed by atoms with van der Waals surface area (Å²) >= 11 is 6.03. The van der Waals surface area contributed by atoms with Crippen molar-refractivity contribution in [1.82, 2.24) is 10.1 Å². The van der Waals surface area contributed by atoms with E-state index in [4.69, 9.17) is 20.9 Å². The molecule has 1 aromatic carbocycles. The fraction of sp³-hybridized carbons (Fsp3) is 0.375. The zero-order valence-electron chi connectivity index (χ0n) is 12.5. The van der Waals surface area contributed by atoms with Gasteiger partial charge in [-0.1, -0.05) is 28.9 Å². The smallest absolute Gasteiger partial charge is 0.276 e. The van der Waals surface area contributed by atoms with Crippen LogP contribution in [0, 0.1) is 6.92 Å². The molecule has 0 radical (unpaired) electrons. The minimum Gasteiger partial charge on any atom is -0.370 e. The van der Waals surface area contributed by atoms with E-state index in [1.165, 1.54) is 0 Å². The average molecular weight is 321 g/mol. The third-order valence-corrected chi connectivity index (χ3v) is 4.00. The summed E-state index contributed by atoms with van der Waals surface area (Å²) in [7, 11) is 0. The summed E-state index contributed by atoms with van der Waals surface area (Å²) in [5.74, 6) is 0.482. The standard InChI is InChI=1S/C16H17ClN2O3/c1-10-9-21-15(12-4-3-5-13(17)7-12)8-19(10)16(20)14-6-11(2)22-18-14/h3-7,10,15H,8-9H2,1-2H3/t10-,15+/m0/s1. The fourth-order valence-electron chi connectivity index (χ4n) is 2.56. The van der Waals surface area contributed by atoms with Gasteiger partial charge in [0.05, 0.1) is 19.2 Å². The molecule has 2 atom stereocenters. The second-order valence-corrected chi connectivity index (χ2v) is 5.94. The van der Waals surface area contributed by atoms with E-state index in [2.05, 4.69) is 5.16 Å². The molecule has 22 heavy (non-hydrogen) atoms. The maximum atomic E-state index is 12.6. The quantitative estimate of drug-likeness (QED) is 0.852. The topological polar surface area (TPSA) is 55.6 Å². The molecule has 1 fully saturated rings. The number of benzene rings is 1. The predicted molar refractivity (Wildman–Crippen MR) is 81.9 cm³/mol. The van der Waals surface area contributed by atoms with Crippen LogP contribution >= 0.6 is 11.6 Å². The van der Waals surface area contributed by atoms with Gasteiger partial charge < -0.3 is 14.2 Å². The van der Waals surface area contributed by atoms with Gasteiger partial charge in [-0.05, 0) is 31.5 Å². The number of aromatic nitrogens is 1. The van der Waals surface area contributed by atoms with Gasteiger partial charge in [0.25, 0.3) is 5.91 Å². The number of ether oxygens (including phenoxy) is 1. The first-order valence-electron chi connectivity index (χ1n) is 7.16. The Bertz CT molecular complexity index is 686. The fourth-order valence-corrected chi connectivity index (χ4v) is 2.76. The summed E-state index contributed by atoms with van der Waals surface area (Å²) in [6, 6.07) is 9.16. The highest BCUT2D eigenvalue weighted by molar-refractivity contribution is 6.30. The van der Waals surface area contributed by atoms with E-state index in [9.17, 15) is 4.79 Å². The molecule has 2 heterocycles. The van der Waals surface area contributed by atoms with Crippen LogP contribution in [0.1, 0.15) is 34.8 Å². The van der Waals surface area contributed by atoms with Crippen molar-refractivity contribution in [2.75, 3.05) is 13.2 Å². The molecular weight excluding hydrogens is 304 g/mol. The van der Waals surface area contributed by atoms with E-state index in [1.807, 2.05) is 31.2 Å². The van der Waals surface area contributed by atoms with Crippen LogP contribution in [0.2, 0.25) is 5.02 Å². The van der Waals surface area contributed by atoms with Crippen molar-refractivity contribution >= 4 is 17.5 Å². The van der Waals surface area contributed by atoms with E-state index in [1.54, 1.807) is 17.9 Å². The summed E-state index contributed by atoms with van der Waals surface area (Å²) in [4.78, 5) is 14.4. The lowest BCUT2D eigenvalue weighted by molar-refractivity contribution is -0.0489. The highest BCUT2D eigenvalue weighted by Gasteiger charge is 2.32. The lowest BCUT2D eigenvalue weighted by Crippen LogP contribution is -2.48. The van der Waals surface area contributed by atoms with Gasteiger partial charge in [0, 0.05) is 11.1 Å². The Morgan fingerprint density at radius 3 is 2.91 bits per heavy atom. The Balaban J connectivity index is 1.80. The maximum absolute atomic E-state index is 12.6. The second kappa shape index (κ2) is 6.10. The summed E-state index contributed by atoms with van der Waals surface area (Å²) in [6.45, 7) is 4.66. The third-order valence-electron chi connectivity index (χ3n) is 3.76. The predicted octanol–water partition coefficient (Wildman–Crippen LogP) is 3.24. The number of rotatable bonds is 2. The van der Waals surface area contributed by atoms with E-state index in [0.29, 0.717) is 29.6 Å².